The summed E-state index contributed by atoms with van der Waals surface area (Å²) >= 11 is 0. The smallest absolute Gasteiger partial charge is 0.224 e. The fraction of sp³-hybridized carbons (Fsp3) is 0.250. The van der Waals surface area contributed by atoms with Crippen molar-refractivity contribution in [1.29, 1.82) is 0 Å². The predicted octanol–water partition coefficient (Wildman–Crippen LogP) is -0.161. The van der Waals surface area contributed by atoms with Crippen LogP contribution in [0.1, 0.15) is 11.6 Å². The highest BCUT2D eigenvalue weighted by atomic mass is 15.4. The van der Waals surface area contributed by atoms with E-state index in [-0.39, 0.29) is 5.95 Å². The van der Waals surface area contributed by atoms with Crippen LogP contribution in [-0.2, 0) is 0 Å². The van der Waals surface area contributed by atoms with Gasteiger partial charge >= 0.3 is 0 Å². The van der Waals surface area contributed by atoms with E-state index in [0.29, 0.717) is 17.5 Å². The van der Waals surface area contributed by atoms with E-state index in [1.54, 1.807) is 17.7 Å². The molecule has 0 aliphatic heterocycles. The van der Waals surface area contributed by atoms with Crippen LogP contribution in [0.5, 0.6) is 0 Å². The molecule has 0 aromatic carbocycles. The van der Waals surface area contributed by atoms with Crippen LogP contribution < -0.4 is 11.5 Å². The Morgan fingerprint density at radius 3 is 2.40 bits per heavy atom. The normalized spacial score (nSPS) is 10.5. The zero-order valence-electron chi connectivity index (χ0n) is 8.47. The van der Waals surface area contributed by atoms with Crippen LogP contribution in [-0.4, -0.2) is 24.7 Å². The lowest BCUT2D eigenvalue weighted by Gasteiger charge is -2.03. The third-order valence-electron chi connectivity index (χ3n) is 1.84. The van der Waals surface area contributed by atoms with E-state index in [1.807, 2.05) is 6.92 Å². The minimum absolute atomic E-state index is 0.123. The quantitative estimate of drug-likeness (QED) is 0.669. The molecule has 7 nitrogen and oxygen atoms in total. The average Bonchev–Trinajstić information content (AvgIpc) is 2.43. The van der Waals surface area contributed by atoms with Gasteiger partial charge in [-0.15, -0.1) is 5.10 Å². The van der Waals surface area contributed by atoms with Crippen molar-refractivity contribution in [2.24, 2.45) is 0 Å². The van der Waals surface area contributed by atoms with Crippen LogP contribution >= 0.6 is 0 Å². The lowest BCUT2D eigenvalue weighted by atomic mass is 10.5. The van der Waals surface area contributed by atoms with Crippen molar-refractivity contribution in [3.63, 3.8) is 0 Å². The van der Waals surface area contributed by atoms with Gasteiger partial charge in [-0.2, -0.15) is 14.6 Å². The number of hydrogen-bond donors (Lipinski definition) is 2. The van der Waals surface area contributed by atoms with Gasteiger partial charge in [0.1, 0.15) is 17.5 Å². The van der Waals surface area contributed by atoms with Crippen LogP contribution in [0.2, 0.25) is 0 Å². The molecule has 0 saturated carbocycles. The Balaban J connectivity index is 2.58. The van der Waals surface area contributed by atoms with Gasteiger partial charge in [0.05, 0.1) is 0 Å². The van der Waals surface area contributed by atoms with Gasteiger partial charge in [0.25, 0.3) is 0 Å². The lowest BCUT2D eigenvalue weighted by molar-refractivity contribution is 0.801. The van der Waals surface area contributed by atoms with Crippen molar-refractivity contribution in [2.75, 3.05) is 11.5 Å². The van der Waals surface area contributed by atoms with Gasteiger partial charge in [-0.05, 0) is 13.8 Å². The molecule has 0 aliphatic carbocycles. The summed E-state index contributed by atoms with van der Waals surface area (Å²) in [7, 11) is 0. The zero-order chi connectivity index (χ0) is 11.0. The highest BCUT2D eigenvalue weighted by molar-refractivity contribution is 5.42. The van der Waals surface area contributed by atoms with Gasteiger partial charge < -0.3 is 11.5 Å². The van der Waals surface area contributed by atoms with Gasteiger partial charge in [-0.1, -0.05) is 0 Å². The summed E-state index contributed by atoms with van der Waals surface area (Å²) in [4.78, 5) is 12.0. The molecular formula is C8H11N7. The number of nitrogens with zero attached hydrogens (tertiary/aromatic N) is 5. The minimum Gasteiger partial charge on any atom is -0.383 e. The van der Waals surface area contributed by atoms with Crippen molar-refractivity contribution in [3.8, 4) is 5.82 Å². The summed E-state index contributed by atoms with van der Waals surface area (Å²) in [5.41, 5.74) is 11.1. The molecule has 4 N–H and O–H groups in total. The van der Waals surface area contributed by atoms with E-state index in [1.165, 1.54) is 0 Å². The van der Waals surface area contributed by atoms with Crippen LogP contribution in [0, 0.1) is 13.8 Å². The first-order chi connectivity index (χ1) is 7.06. The summed E-state index contributed by atoms with van der Waals surface area (Å²) in [5.74, 6) is 2.36. The average molecular weight is 205 g/mol. The Hall–Kier alpha value is -2.18. The Kier molecular flexibility index (Phi) is 2.00. The molecule has 2 aromatic heterocycles. The predicted molar refractivity (Wildman–Crippen MR) is 55.2 cm³/mol. The molecule has 0 saturated heterocycles. The molecule has 0 atom stereocenters. The number of rotatable bonds is 1. The lowest BCUT2D eigenvalue weighted by Crippen LogP contribution is -2.07. The summed E-state index contributed by atoms with van der Waals surface area (Å²) in [6.45, 7) is 3.63. The summed E-state index contributed by atoms with van der Waals surface area (Å²) in [6, 6.07) is 1.59. The Bertz CT molecular complexity index is 481. The molecule has 2 aromatic rings. The maximum Gasteiger partial charge on any atom is 0.224 e. The van der Waals surface area contributed by atoms with Gasteiger partial charge in [0, 0.05) is 6.07 Å². The minimum atomic E-state index is 0.123. The highest BCUT2D eigenvalue weighted by Crippen LogP contribution is 2.10. The Morgan fingerprint density at radius 1 is 1.13 bits per heavy atom. The number of aromatic nitrogens is 5. The van der Waals surface area contributed by atoms with Crippen molar-refractivity contribution < 1.29 is 0 Å². The van der Waals surface area contributed by atoms with Crippen molar-refractivity contribution in [2.45, 2.75) is 13.8 Å². The molecule has 0 aliphatic rings. The van der Waals surface area contributed by atoms with Crippen LogP contribution in [0.15, 0.2) is 6.07 Å². The maximum absolute atomic E-state index is 5.56. The first-order valence-electron chi connectivity index (χ1n) is 4.37. The first-order valence-corrected chi connectivity index (χ1v) is 4.37. The van der Waals surface area contributed by atoms with Crippen LogP contribution in [0.4, 0.5) is 11.8 Å². The molecule has 0 amide bonds. The zero-order valence-corrected chi connectivity index (χ0v) is 8.47. The van der Waals surface area contributed by atoms with E-state index < -0.39 is 0 Å². The van der Waals surface area contributed by atoms with Crippen molar-refractivity contribution in [3.05, 3.63) is 17.7 Å². The second kappa shape index (κ2) is 3.19. The van der Waals surface area contributed by atoms with Crippen LogP contribution in [0.25, 0.3) is 5.82 Å². The fourth-order valence-electron chi connectivity index (χ4n) is 1.32. The molecular weight excluding hydrogens is 194 g/mol. The third-order valence-corrected chi connectivity index (χ3v) is 1.84. The second-order valence-corrected chi connectivity index (χ2v) is 3.13. The largest absolute Gasteiger partial charge is 0.383 e. The summed E-state index contributed by atoms with van der Waals surface area (Å²) < 4.78 is 1.57. The number of nitrogens with two attached hydrogens (primary N) is 2. The van der Waals surface area contributed by atoms with Crippen molar-refractivity contribution in [1.82, 2.24) is 24.7 Å². The van der Waals surface area contributed by atoms with E-state index >= 15 is 0 Å². The molecule has 7 heteroatoms. The summed E-state index contributed by atoms with van der Waals surface area (Å²) in [6.07, 6.45) is 0. The molecule has 0 spiro atoms. The van der Waals surface area contributed by atoms with Gasteiger partial charge in [-0.25, -0.2) is 4.98 Å². The van der Waals surface area contributed by atoms with E-state index in [9.17, 15) is 0 Å². The van der Waals surface area contributed by atoms with Crippen molar-refractivity contribution >= 4 is 11.8 Å². The third kappa shape index (κ3) is 1.71. The highest BCUT2D eigenvalue weighted by Gasteiger charge is 2.08. The second-order valence-electron chi connectivity index (χ2n) is 3.13. The van der Waals surface area contributed by atoms with Crippen LogP contribution in [0.3, 0.4) is 0 Å². The maximum atomic E-state index is 5.56. The number of hydrogen-bond acceptors (Lipinski definition) is 6. The molecule has 0 unspecified atom stereocenters. The SMILES string of the molecule is Cc1nc(C)n(-c2cc(N)nc(N)n2)n1. The molecule has 0 bridgehead atoms. The number of aryl methyl sites for hydroxylation is 2. The molecule has 0 radical (unpaired) electrons. The summed E-state index contributed by atoms with van der Waals surface area (Å²) in [5, 5.41) is 4.17. The molecule has 15 heavy (non-hydrogen) atoms. The van der Waals surface area contributed by atoms with E-state index in [4.69, 9.17) is 11.5 Å². The monoisotopic (exact) mass is 205 g/mol. The number of nitrogen functional groups attached to an aromatic ring is 2. The van der Waals surface area contributed by atoms with Gasteiger partial charge in [-0.3, -0.25) is 0 Å². The van der Waals surface area contributed by atoms with E-state index in [2.05, 4.69) is 20.1 Å². The Morgan fingerprint density at radius 2 is 1.87 bits per heavy atom. The molecule has 2 rings (SSSR count). The molecule has 2 heterocycles. The van der Waals surface area contributed by atoms with E-state index in [0.717, 1.165) is 5.82 Å². The standard InChI is InChI=1S/C8H11N7/c1-4-11-5(2)15(14-4)7-3-6(9)12-8(10)13-7/h3H,1-2H3,(H4,9,10,12,13). The van der Waals surface area contributed by atoms with Gasteiger partial charge in [0.15, 0.2) is 5.82 Å². The first kappa shape index (κ1) is 9.38. The Labute approximate surface area is 86.2 Å². The molecule has 78 valence electrons. The van der Waals surface area contributed by atoms with Gasteiger partial charge in [0.2, 0.25) is 5.95 Å². The number of anilines is 2. The topological polar surface area (TPSA) is 109 Å². The fourth-order valence-corrected chi connectivity index (χ4v) is 1.32. The molecule has 0 fully saturated rings.